The zero-order chi connectivity index (χ0) is 20.5. The number of hydrogen-bond donors (Lipinski definition) is 2. The second kappa shape index (κ2) is 10.3. The molecule has 0 spiro atoms. The van der Waals surface area contributed by atoms with Gasteiger partial charge in [0.05, 0.1) is 10.6 Å². The van der Waals surface area contributed by atoms with Crippen molar-refractivity contribution in [3.8, 4) is 0 Å². The van der Waals surface area contributed by atoms with Crippen molar-refractivity contribution in [1.29, 1.82) is 0 Å². The van der Waals surface area contributed by atoms with Crippen molar-refractivity contribution in [3.63, 3.8) is 0 Å². The highest BCUT2D eigenvalue weighted by Gasteiger charge is 2.11. The molecule has 0 aliphatic rings. The van der Waals surface area contributed by atoms with Gasteiger partial charge in [-0.15, -0.1) is 0 Å². The van der Waals surface area contributed by atoms with Crippen molar-refractivity contribution < 1.29 is 14.5 Å². The fourth-order valence-electron chi connectivity index (χ4n) is 2.27. The highest BCUT2D eigenvalue weighted by Crippen LogP contribution is 2.13. The molecule has 2 amide bonds. The molecule has 0 aromatic heterocycles. The van der Waals surface area contributed by atoms with Gasteiger partial charge in [-0.1, -0.05) is 34.1 Å². The van der Waals surface area contributed by atoms with E-state index < -0.39 is 10.8 Å². The summed E-state index contributed by atoms with van der Waals surface area (Å²) in [7, 11) is 0. The van der Waals surface area contributed by atoms with Crippen LogP contribution in [0.25, 0.3) is 0 Å². The van der Waals surface area contributed by atoms with Crippen LogP contribution in [0, 0.1) is 10.1 Å². The Labute approximate surface area is 170 Å². The lowest BCUT2D eigenvalue weighted by molar-refractivity contribution is -0.384. The van der Waals surface area contributed by atoms with E-state index in [0.717, 1.165) is 10.0 Å². The lowest BCUT2D eigenvalue weighted by Crippen LogP contribution is -2.26. The summed E-state index contributed by atoms with van der Waals surface area (Å²) < 4.78 is 0.959. The molecule has 0 saturated carbocycles. The van der Waals surface area contributed by atoms with E-state index in [1.807, 2.05) is 24.3 Å². The largest absolute Gasteiger partial charge is 0.352 e. The van der Waals surface area contributed by atoms with E-state index in [1.165, 1.54) is 24.3 Å². The molecule has 0 radical (unpaired) electrons. The zero-order valence-electron chi connectivity index (χ0n) is 15.1. The van der Waals surface area contributed by atoms with Crippen LogP contribution in [0.1, 0.15) is 35.7 Å². The van der Waals surface area contributed by atoms with E-state index in [4.69, 9.17) is 0 Å². The van der Waals surface area contributed by atoms with Crippen LogP contribution in [0.15, 0.2) is 58.1 Å². The minimum Gasteiger partial charge on any atom is -0.352 e. The van der Waals surface area contributed by atoms with Crippen LogP contribution in [0.2, 0.25) is 0 Å². The molecule has 0 bridgehead atoms. The molecule has 2 aromatic rings. The molecule has 0 heterocycles. The molecule has 2 aromatic carbocycles. The number of amides is 2. The number of nitrogens with one attached hydrogen (secondary N) is 2. The summed E-state index contributed by atoms with van der Waals surface area (Å²) in [5, 5.41) is 17.4. The van der Waals surface area contributed by atoms with Gasteiger partial charge < -0.3 is 5.32 Å². The van der Waals surface area contributed by atoms with Gasteiger partial charge in [0.25, 0.3) is 11.6 Å². The highest BCUT2D eigenvalue weighted by atomic mass is 79.9. The maximum absolute atomic E-state index is 12.0. The van der Waals surface area contributed by atoms with Crippen LogP contribution >= 0.6 is 15.9 Å². The van der Waals surface area contributed by atoms with E-state index in [9.17, 15) is 19.7 Å². The molecule has 0 aliphatic heterocycles. The molecular formula is C19H19BrN4O4. The van der Waals surface area contributed by atoms with Crippen LogP contribution < -0.4 is 10.7 Å². The van der Waals surface area contributed by atoms with Gasteiger partial charge in [0.1, 0.15) is 0 Å². The van der Waals surface area contributed by atoms with Gasteiger partial charge >= 0.3 is 0 Å². The summed E-state index contributed by atoms with van der Waals surface area (Å²) in [4.78, 5) is 34.0. The summed E-state index contributed by atoms with van der Waals surface area (Å²) in [6.45, 7) is 2.06. The average molecular weight is 447 g/mol. The minimum absolute atomic E-state index is 0.147. The lowest BCUT2D eigenvalue weighted by Gasteiger charge is -2.06. The number of rotatable bonds is 8. The molecule has 0 unspecified atom stereocenters. The third-order valence-electron chi connectivity index (χ3n) is 3.80. The molecule has 8 nitrogen and oxygen atoms in total. The Kier molecular flexibility index (Phi) is 7.82. The van der Waals surface area contributed by atoms with Gasteiger partial charge in [-0.3, -0.25) is 19.7 Å². The number of hydrazone groups is 1. The smallest absolute Gasteiger partial charge is 0.270 e. The van der Waals surface area contributed by atoms with Gasteiger partial charge in [-0.2, -0.15) is 5.10 Å². The number of carbonyl (C=O) groups excluding carboxylic acids is 2. The summed E-state index contributed by atoms with van der Waals surface area (Å²) in [5.41, 5.74) is 4.12. The standard InChI is InChI=1S/C19H19BrN4O4/c1-13(14-7-9-16(20)10-8-14)22-23-18(25)6-3-11-21-19(26)15-4-2-5-17(12-15)24(27)28/h2,4-5,7-10,12H,3,6,11H2,1H3,(H,21,26)(H,23,25). The summed E-state index contributed by atoms with van der Waals surface area (Å²) in [6, 6.07) is 13.0. The Hall–Kier alpha value is -3.07. The Balaban J connectivity index is 1.74. The number of nitro groups is 1. The summed E-state index contributed by atoms with van der Waals surface area (Å²) in [6.07, 6.45) is 0.603. The number of halogens is 1. The van der Waals surface area contributed by atoms with E-state index in [-0.39, 0.29) is 30.1 Å². The maximum Gasteiger partial charge on any atom is 0.270 e. The van der Waals surface area contributed by atoms with Crippen molar-refractivity contribution in [3.05, 3.63) is 74.2 Å². The Morgan fingerprint density at radius 1 is 1.14 bits per heavy atom. The minimum atomic E-state index is -0.558. The number of carbonyl (C=O) groups is 2. The van der Waals surface area contributed by atoms with Crippen molar-refractivity contribution >= 4 is 39.1 Å². The third kappa shape index (κ3) is 6.58. The number of nitro benzene ring substituents is 1. The van der Waals surface area contributed by atoms with Gasteiger partial charge in [0.2, 0.25) is 5.91 Å². The van der Waals surface area contributed by atoms with Crippen LogP contribution in [-0.2, 0) is 4.79 Å². The molecule has 146 valence electrons. The van der Waals surface area contributed by atoms with E-state index >= 15 is 0 Å². The van der Waals surface area contributed by atoms with Gasteiger partial charge in [0.15, 0.2) is 0 Å². The summed E-state index contributed by atoms with van der Waals surface area (Å²) in [5.74, 6) is -0.686. The Bertz CT molecular complexity index is 897. The van der Waals surface area contributed by atoms with Crippen LogP contribution in [-0.4, -0.2) is 29.0 Å². The average Bonchev–Trinajstić information content (AvgIpc) is 2.69. The lowest BCUT2D eigenvalue weighted by atomic mass is 10.1. The van der Waals surface area contributed by atoms with Gasteiger partial charge in [-0.25, -0.2) is 5.43 Å². The van der Waals surface area contributed by atoms with E-state index in [2.05, 4.69) is 31.8 Å². The number of nitrogens with zero attached hydrogens (tertiary/aromatic N) is 2. The van der Waals surface area contributed by atoms with E-state index in [0.29, 0.717) is 12.1 Å². The maximum atomic E-state index is 12.0. The van der Waals surface area contributed by atoms with Crippen molar-refractivity contribution in [1.82, 2.24) is 10.7 Å². The molecule has 0 aliphatic carbocycles. The molecular weight excluding hydrogens is 428 g/mol. The monoisotopic (exact) mass is 446 g/mol. The number of hydrogen-bond acceptors (Lipinski definition) is 5. The third-order valence-corrected chi connectivity index (χ3v) is 4.32. The van der Waals surface area contributed by atoms with Crippen molar-refractivity contribution in [2.45, 2.75) is 19.8 Å². The molecule has 2 N–H and O–H groups in total. The second-order valence-electron chi connectivity index (χ2n) is 5.91. The van der Waals surface area contributed by atoms with Crippen molar-refractivity contribution in [2.24, 2.45) is 5.10 Å². The predicted octanol–water partition coefficient (Wildman–Crippen LogP) is 3.41. The van der Waals surface area contributed by atoms with Crippen LogP contribution in [0.3, 0.4) is 0 Å². The first-order chi connectivity index (χ1) is 13.4. The molecule has 9 heteroatoms. The first kappa shape index (κ1) is 21.2. The first-order valence-corrected chi connectivity index (χ1v) is 9.28. The second-order valence-corrected chi connectivity index (χ2v) is 6.82. The van der Waals surface area contributed by atoms with Gasteiger partial charge in [0, 0.05) is 35.1 Å². The summed E-state index contributed by atoms with van der Waals surface area (Å²) >= 11 is 3.36. The Morgan fingerprint density at radius 2 is 1.86 bits per heavy atom. The first-order valence-electron chi connectivity index (χ1n) is 8.48. The number of benzene rings is 2. The zero-order valence-corrected chi connectivity index (χ0v) is 16.7. The fraction of sp³-hybridized carbons (Fsp3) is 0.211. The topological polar surface area (TPSA) is 114 Å². The van der Waals surface area contributed by atoms with Crippen molar-refractivity contribution in [2.75, 3.05) is 6.54 Å². The molecule has 0 saturated heterocycles. The highest BCUT2D eigenvalue weighted by molar-refractivity contribution is 9.10. The van der Waals surface area contributed by atoms with Gasteiger partial charge in [-0.05, 0) is 37.1 Å². The molecule has 28 heavy (non-hydrogen) atoms. The molecule has 2 rings (SSSR count). The predicted molar refractivity (Wildman–Crippen MR) is 109 cm³/mol. The fourth-order valence-corrected chi connectivity index (χ4v) is 2.54. The van der Waals surface area contributed by atoms with Crippen LogP contribution in [0.5, 0.6) is 0 Å². The molecule has 0 atom stereocenters. The number of non-ortho nitro benzene ring substituents is 1. The van der Waals surface area contributed by atoms with Crippen LogP contribution in [0.4, 0.5) is 5.69 Å². The normalized spacial score (nSPS) is 11.0. The SMILES string of the molecule is CC(=NNC(=O)CCCNC(=O)c1cccc([N+](=O)[O-])c1)c1ccc(Br)cc1. The van der Waals surface area contributed by atoms with E-state index in [1.54, 1.807) is 6.92 Å². The molecule has 0 fully saturated rings. The Morgan fingerprint density at radius 3 is 2.54 bits per heavy atom. The quantitative estimate of drug-likeness (QED) is 0.279.